The van der Waals surface area contributed by atoms with Crippen LogP contribution in [0.3, 0.4) is 0 Å². The SMILES string of the molecule is CC(C)CNCc1cc(Br)ccc1OCCOC(F)(F)F. The predicted molar refractivity (Wildman–Crippen MR) is 78.2 cm³/mol. The lowest BCUT2D eigenvalue weighted by molar-refractivity contribution is -0.325. The van der Waals surface area contributed by atoms with Crippen LogP contribution in [0, 0.1) is 5.92 Å². The Hall–Kier alpha value is -0.790. The molecular formula is C14H19BrF3NO2. The Labute approximate surface area is 130 Å². The maximum atomic E-state index is 11.9. The summed E-state index contributed by atoms with van der Waals surface area (Å²) in [5.41, 5.74) is 0.886. The van der Waals surface area contributed by atoms with E-state index in [1.165, 1.54) is 0 Å². The third-order valence-electron chi connectivity index (χ3n) is 2.50. The van der Waals surface area contributed by atoms with E-state index in [0.717, 1.165) is 16.6 Å². The zero-order valence-electron chi connectivity index (χ0n) is 12.0. The Bertz CT molecular complexity index is 439. The van der Waals surface area contributed by atoms with Crippen molar-refractivity contribution in [3.8, 4) is 5.75 Å². The molecule has 120 valence electrons. The number of alkyl halides is 3. The summed E-state index contributed by atoms with van der Waals surface area (Å²) in [6.45, 7) is 4.95. The van der Waals surface area contributed by atoms with Crippen LogP contribution in [0.15, 0.2) is 22.7 Å². The van der Waals surface area contributed by atoms with Gasteiger partial charge in [-0.1, -0.05) is 29.8 Å². The number of hydrogen-bond donors (Lipinski definition) is 1. The van der Waals surface area contributed by atoms with Crippen LogP contribution in [0.2, 0.25) is 0 Å². The zero-order chi connectivity index (χ0) is 15.9. The molecule has 1 aromatic carbocycles. The molecule has 0 aliphatic heterocycles. The van der Waals surface area contributed by atoms with Gasteiger partial charge in [-0.3, -0.25) is 4.74 Å². The average Bonchev–Trinajstić information content (AvgIpc) is 2.35. The van der Waals surface area contributed by atoms with Gasteiger partial charge in [0.1, 0.15) is 12.4 Å². The van der Waals surface area contributed by atoms with Crippen LogP contribution in [0.5, 0.6) is 5.75 Å². The molecule has 0 bridgehead atoms. The molecule has 21 heavy (non-hydrogen) atoms. The molecule has 0 saturated heterocycles. The highest BCUT2D eigenvalue weighted by Crippen LogP contribution is 2.23. The number of benzene rings is 1. The minimum absolute atomic E-state index is 0.154. The minimum atomic E-state index is -4.62. The Balaban J connectivity index is 2.52. The van der Waals surface area contributed by atoms with Crippen molar-refractivity contribution in [1.29, 1.82) is 0 Å². The third-order valence-corrected chi connectivity index (χ3v) is 2.99. The molecule has 1 aromatic rings. The Morgan fingerprint density at radius 1 is 1.24 bits per heavy atom. The summed E-state index contributed by atoms with van der Waals surface area (Å²) in [6, 6.07) is 5.39. The fraction of sp³-hybridized carbons (Fsp3) is 0.571. The minimum Gasteiger partial charge on any atom is -0.491 e. The summed E-state index contributed by atoms with van der Waals surface area (Å²) in [5, 5.41) is 3.27. The van der Waals surface area contributed by atoms with Crippen molar-refractivity contribution in [3.63, 3.8) is 0 Å². The fourth-order valence-corrected chi connectivity index (χ4v) is 2.04. The van der Waals surface area contributed by atoms with E-state index >= 15 is 0 Å². The van der Waals surface area contributed by atoms with E-state index in [4.69, 9.17) is 4.74 Å². The van der Waals surface area contributed by atoms with Crippen LogP contribution < -0.4 is 10.1 Å². The molecule has 0 amide bonds. The van der Waals surface area contributed by atoms with Crippen molar-refractivity contribution in [1.82, 2.24) is 5.32 Å². The van der Waals surface area contributed by atoms with E-state index in [-0.39, 0.29) is 6.61 Å². The third kappa shape index (κ3) is 8.28. The van der Waals surface area contributed by atoms with E-state index in [1.54, 1.807) is 12.1 Å². The van der Waals surface area contributed by atoms with E-state index in [2.05, 4.69) is 39.8 Å². The Morgan fingerprint density at radius 2 is 1.95 bits per heavy atom. The van der Waals surface area contributed by atoms with Gasteiger partial charge in [0, 0.05) is 16.6 Å². The molecule has 0 radical (unpaired) electrons. The predicted octanol–water partition coefficient (Wildman–Crippen LogP) is 4.11. The summed E-state index contributed by atoms with van der Waals surface area (Å²) >= 11 is 3.37. The van der Waals surface area contributed by atoms with Gasteiger partial charge in [-0.25, -0.2) is 0 Å². The number of hydrogen-bond acceptors (Lipinski definition) is 3. The molecule has 0 fully saturated rings. The highest BCUT2D eigenvalue weighted by atomic mass is 79.9. The summed E-state index contributed by atoms with van der Waals surface area (Å²) in [6.07, 6.45) is -4.62. The van der Waals surface area contributed by atoms with Crippen molar-refractivity contribution >= 4 is 15.9 Å². The van der Waals surface area contributed by atoms with Gasteiger partial charge >= 0.3 is 6.36 Å². The fourth-order valence-electron chi connectivity index (χ4n) is 1.63. The normalized spacial score (nSPS) is 12.0. The van der Waals surface area contributed by atoms with E-state index < -0.39 is 13.0 Å². The van der Waals surface area contributed by atoms with Crippen LogP contribution in [-0.4, -0.2) is 26.1 Å². The van der Waals surface area contributed by atoms with Gasteiger partial charge in [-0.15, -0.1) is 13.2 Å². The van der Waals surface area contributed by atoms with E-state index in [0.29, 0.717) is 18.2 Å². The number of rotatable bonds is 8. The van der Waals surface area contributed by atoms with Crippen LogP contribution >= 0.6 is 15.9 Å². The van der Waals surface area contributed by atoms with Crippen LogP contribution in [-0.2, 0) is 11.3 Å². The molecule has 0 spiro atoms. The lowest BCUT2D eigenvalue weighted by Crippen LogP contribution is -2.20. The van der Waals surface area contributed by atoms with Gasteiger partial charge in [-0.05, 0) is 30.7 Å². The lowest BCUT2D eigenvalue weighted by atomic mass is 10.2. The van der Waals surface area contributed by atoms with Crippen molar-refractivity contribution in [2.75, 3.05) is 19.8 Å². The first-order valence-corrected chi connectivity index (χ1v) is 7.40. The summed E-state index contributed by atoms with van der Waals surface area (Å²) in [5.74, 6) is 1.07. The summed E-state index contributed by atoms with van der Waals surface area (Å²) in [4.78, 5) is 0. The molecule has 0 aromatic heterocycles. The van der Waals surface area contributed by atoms with Crippen LogP contribution in [0.25, 0.3) is 0 Å². The highest BCUT2D eigenvalue weighted by Gasteiger charge is 2.28. The standard InChI is InChI=1S/C14H19BrF3NO2/c1-10(2)8-19-9-11-7-12(15)3-4-13(11)20-5-6-21-14(16,17)18/h3-4,7,10,19H,5-6,8-9H2,1-2H3. The quantitative estimate of drug-likeness (QED) is 0.699. The van der Waals surface area contributed by atoms with Crippen LogP contribution in [0.1, 0.15) is 19.4 Å². The molecule has 0 saturated carbocycles. The van der Waals surface area contributed by atoms with E-state index in [9.17, 15) is 13.2 Å². The van der Waals surface area contributed by atoms with Gasteiger partial charge < -0.3 is 10.1 Å². The van der Waals surface area contributed by atoms with Crippen molar-refractivity contribution in [2.24, 2.45) is 5.92 Å². The highest BCUT2D eigenvalue weighted by molar-refractivity contribution is 9.10. The zero-order valence-corrected chi connectivity index (χ0v) is 13.6. The molecule has 0 atom stereocenters. The maximum absolute atomic E-state index is 11.9. The largest absolute Gasteiger partial charge is 0.522 e. The second-order valence-corrected chi connectivity index (χ2v) is 5.84. The monoisotopic (exact) mass is 369 g/mol. The summed E-state index contributed by atoms with van der Waals surface area (Å²) in [7, 11) is 0. The first-order valence-electron chi connectivity index (χ1n) is 6.60. The summed E-state index contributed by atoms with van der Waals surface area (Å²) < 4.78 is 45.5. The van der Waals surface area contributed by atoms with Crippen molar-refractivity contribution < 1.29 is 22.6 Å². The molecule has 7 heteroatoms. The van der Waals surface area contributed by atoms with Gasteiger partial charge in [0.05, 0.1) is 6.61 Å². The van der Waals surface area contributed by atoms with E-state index in [1.807, 2.05) is 6.07 Å². The van der Waals surface area contributed by atoms with Crippen LogP contribution in [0.4, 0.5) is 13.2 Å². The first kappa shape index (κ1) is 18.3. The molecular weight excluding hydrogens is 351 g/mol. The first-order chi connectivity index (χ1) is 9.78. The number of ether oxygens (including phenoxy) is 2. The Kier molecular flexibility index (Phi) is 7.48. The smallest absolute Gasteiger partial charge is 0.491 e. The molecule has 0 aliphatic carbocycles. The topological polar surface area (TPSA) is 30.5 Å². The number of nitrogens with one attached hydrogen (secondary N) is 1. The molecule has 1 N–H and O–H groups in total. The second-order valence-electron chi connectivity index (χ2n) is 4.92. The maximum Gasteiger partial charge on any atom is 0.522 e. The lowest BCUT2D eigenvalue weighted by Gasteiger charge is -2.14. The van der Waals surface area contributed by atoms with Gasteiger partial charge in [-0.2, -0.15) is 0 Å². The van der Waals surface area contributed by atoms with Gasteiger partial charge in [0.25, 0.3) is 0 Å². The Morgan fingerprint density at radius 3 is 2.57 bits per heavy atom. The second kappa shape index (κ2) is 8.60. The van der Waals surface area contributed by atoms with Crippen molar-refractivity contribution in [2.45, 2.75) is 26.8 Å². The molecule has 0 aliphatic rings. The molecule has 0 heterocycles. The average molecular weight is 370 g/mol. The molecule has 1 rings (SSSR count). The van der Waals surface area contributed by atoms with Gasteiger partial charge in [0.2, 0.25) is 0 Å². The number of halogens is 4. The molecule has 3 nitrogen and oxygen atoms in total. The molecule has 0 unspecified atom stereocenters. The van der Waals surface area contributed by atoms with Gasteiger partial charge in [0.15, 0.2) is 0 Å². The van der Waals surface area contributed by atoms with Crippen molar-refractivity contribution in [3.05, 3.63) is 28.2 Å².